The van der Waals surface area contributed by atoms with E-state index in [1.807, 2.05) is 0 Å². The average molecular weight is 393 g/mol. The normalized spacial score (nSPS) is 6.90. The van der Waals surface area contributed by atoms with E-state index in [1.165, 1.54) is 0 Å². The fourth-order valence-electron chi connectivity index (χ4n) is 0. The standard InChI is InChI=1S/3ClH.HNO3.H2O.2Rh/c;;;2-1(3)4;;;/h3*1H;(H,2,3,4);1H2;;/q;;;;;;+3/p-3. The summed E-state index contributed by atoms with van der Waals surface area (Å²) in [6.07, 6.45) is 0. The summed E-state index contributed by atoms with van der Waals surface area (Å²) in [5.41, 5.74) is 0. The first-order valence-electron chi connectivity index (χ1n) is 0.943. The molecule has 0 aliphatic heterocycles. The molecule has 0 fully saturated rings. The minimum Gasteiger partial charge on any atom is 0 e. The summed E-state index contributed by atoms with van der Waals surface area (Å²) in [5, 5.41) is 13.6. The third-order valence-electron chi connectivity index (χ3n) is 0. The average Bonchev–Trinajstić information content (AvgIpc) is 1.25. The fourth-order valence-corrected chi connectivity index (χ4v) is 0. The molecular formula is H3Cl3NO4Rh2. The topological polar surface area (TPSA) is 94.9 Å². The molecule has 0 amide bonds. The Morgan fingerprint density at radius 2 is 1.40 bits per heavy atom. The molecule has 0 spiro atoms. The minimum absolute atomic E-state index is 0. The molecule has 0 heterocycles. The van der Waals surface area contributed by atoms with E-state index in [9.17, 15) is 0 Å². The van der Waals surface area contributed by atoms with Crippen molar-refractivity contribution in [2.75, 3.05) is 0 Å². The van der Waals surface area contributed by atoms with Gasteiger partial charge in [-0.05, 0) is 0 Å². The zero-order valence-corrected chi connectivity index (χ0v) is 9.56. The SMILES string of the molecule is O.O=[N+]([O-])O.[Cl][Rh]([Cl])[Cl].[Rh]. The third kappa shape index (κ3) is 390. The first-order chi connectivity index (χ1) is 3.46. The molecule has 71 valence electrons. The van der Waals surface area contributed by atoms with Crippen LogP contribution in [0, 0.1) is 10.1 Å². The monoisotopic (exact) mass is 392 g/mol. The molecule has 3 N–H and O–H groups in total. The second-order valence-electron chi connectivity index (χ2n) is 0.381. The van der Waals surface area contributed by atoms with Crippen molar-refractivity contribution in [3.63, 3.8) is 0 Å². The van der Waals surface area contributed by atoms with Crippen molar-refractivity contribution in [3.05, 3.63) is 10.1 Å². The van der Waals surface area contributed by atoms with Crippen molar-refractivity contribution in [1.29, 1.82) is 0 Å². The molecule has 0 aliphatic carbocycles. The van der Waals surface area contributed by atoms with Crippen molar-refractivity contribution in [2.24, 2.45) is 0 Å². The molecule has 0 aromatic rings. The maximum atomic E-state index is 8.36. The summed E-state index contributed by atoms with van der Waals surface area (Å²) in [6, 6.07) is 0. The van der Waals surface area contributed by atoms with Crippen LogP contribution in [0.15, 0.2) is 0 Å². The largest absolute Gasteiger partial charge is 0 e. The molecule has 1 radical (unpaired) electrons. The van der Waals surface area contributed by atoms with Gasteiger partial charge in [0.1, 0.15) is 0 Å². The van der Waals surface area contributed by atoms with Crippen LogP contribution in [0.4, 0.5) is 0 Å². The van der Waals surface area contributed by atoms with Crippen molar-refractivity contribution in [1.82, 2.24) is 0 Å². The molecule has 0 saturated heterocycles. The van der Waals surface area contributed by atoms with Crippen molar-refractivity contribution in [3.8, 4) is 0 Å². The van der Waals surface area contributed by atoms with Crippen LogP contribution < -0.4 is 0 Å². The Bertz CT molecular complexity index is 62.8. The summed E-state index contributed by atoms with van der Waals surface area (Å²) in [5.74, 6) is 0. The van der Waals surface area contributed by atoms with Gasteiger partial charge in [0.05, 0.1) is 0 Å². The first kappa shape index (κ1) is 22.5. The number of hydrogen-bond donors (Lipinski definition) is 1. The quantitative estimate of drug-likeness (QED) is 0.376. The first-order valence-corrected chi connectivity index (χ1v) is 7.27. The van der Waals surface area contributed by atoms with Crippen LogP contribution in [0.25, 0.3) is 0 Å². The van der Waals surface area contributed by atoms with Gasteiger partial charge in [0.15, 0.2) is 0 Å². The second-order valence-corrected chi connectivity index (χ2v) is 7.84. The Hall–Kier alpha value is 1.28. The number of halogens is 3. The van der Waals surface area contributed by atoms with Gasteiger partial charge < -0.3 is 10.7 Å². The maximum absolute atomic E-state index is 8.36. The molecule has 10 heteroatoms. The van der Waals surface area contributed by atoms with Gasteiger partial charge in [0.25, 0.3) is 5.09 Å². The van der Waals surface area contributed by atoms with Crippen LogP contribution in [0.2, 0.25) is 0 Å². The van der Waals surface area contributed by atoms with Gasteiger partial charge in [0, 0.05) is 19.5 Å². The van der Waals surface area contributed by atoms with Crippen LogP contribution in [0.3, 0.4) is 0 Å². The summed E-state index contributed by atoms with van der Waals surface area (Å²) in [7, 11) is 14.8. The second kappa shape index (κ2) is 16.7. The van der Waals surface area contributed by atoms with Gasteiger partial charge >= 0.3 is 42.1 Å². The smallest absolute Gasteiger partial charge is 0 e. The van der Waals surface area contributed by atoms with Gasteiger partial charge in [-0.1, -0.05) is 0 Å². The van der Waals surface area contributed by atoms with Crippen molar-refractivity contribution >= 4 is 29.1 Å². The summed E-state index contributed by atoms with van der Waals surface area (Å²) < 4.78 is 0. The predicted molar refractivity (Wildman–Crippen MR) is 30.0 cm³/mol. The van der Waals surface area contributed by atoms with Gasteiger partial charge in [-0.3, -0.25) is 0 Å². The molecule has 0 atom stereocenters. The zero-order valence-electron chi connectivity index (χ0n) is 4.01. The van der Waals surface area contributed by atoms with E-state index in [1.54, 1.807) is 0 Å². The Morgan fingerprint density at radius 3 is 1.40 bits per heavy atom. The summed E-state index contributed by atoms with van der Waals surface area (Å²) in [6.45, 7) is 0. The van der Waals surface area contributed by atoms with Gasteiger partial charge in [0.2, 0.25) is 0 Å². The van der Waals surface area contributed by atoms with E-state index in [0.29, 0.717) is 0 Å². The van der Waals surface area contributed by atoms with E-state index < -0.39 is 18.1 Å². The van der Waals surface area contributed by atoms with Gasteiger partial charge in [-0.2, -0.15) is 0 Å². The number of nitrogens with zero attached hydrogens (tertiary/aromatic N) is 1. The Kier molecular flexibility index (Phi) is 37.6. The van der Waals surface area contributed by atoms with E-state index in [-0.39, 0.29) is 25.0 Å². The Morgan fingerprint density at radius 1 is 1.40 bits per heavy atom. The van der Waals surface area contributed by atoms with Crippen LogP contribution in [-0.2, 0) is 32.5 Å². The molecular weight excluding hydrogens is 390 g/mol. The fraction of sp³-hybridized carbons (Fsp3) is 0. The molecule has 10 heavy (non-hydrogen) atoms. The molecule has 0 rings (SSSR count). The molecule has 0 aliphatic rings. The minimum atomic E-state index is -1.66. The van der Waals surface area contributed by atoms with E-state index >= 15 is 0 Å². The van der Waals surface area contributed by atoms with E-state index in [0.717, 1.165) is 0 Å². The maximum Gasteiger partial charge on any atom is 0 e. The molecule has 5 nitrogen and oxygen atoms in total. The summed E-state index contributed by atoms with van der Waals surface area (Å²) in [4.78, 5) is 8.36. The molecule has 0 saturated carbocycles. The molecule has 0 bridgehead atoms. The van der Waals surface area contributed by atoms with Gasteiger partial charge in [-0.25, -0.2) is 0 Å². The van der Waals surface area contributed by atoms with Crippen LogP contribution in [-0.4, -0.2) is 15.8 Å². The van der Waals surface area contributed by atoms with Crippen molar-refractivity contribution in [2.45, 2.75) is 0 Å². The van der Waals surface area contributed by atoms with Crippen LogP contribution in [0.1, 0.15) is 0 Å². The Labute approximate surface area is 86.8 Å². The van der Waals surface area contributed by atoms with Crippen molar-refractivity contribution < 1.29 is 48.2 Å². The molecule has 0 unspecified atom stereocenters. The Balaban J connectivity index is -0.0000000300. The number of hydrogen-bond acceptors (Lipinski definition) is 2. The van der Waals surface area contributed by atoms with E-state index in [4.69, 9.17) is 44.4 Å². The third-order valence-corrected chi connectivity index (χ3v) is 0. The molecule has 0 aromatic heterocycles. The van der Waals surface area contributed by atoms with Crippen LogP contribution >= 0.6 is 29.1 Å². The molecule has 0 aromatic carbocycles. The van der Waals surface area contributed by atoms with Gasteiger partial charge in [-0.15, -0.1) is 10.1 Å². The number of rotatable bonds is 0. The zero-order chi connectivity index (χ0) is 7.15. The summed E-state index contributed by atoms with van der Waals surface area (Å²) >= 11 is -1.66. The predicted octanol–water partition coefficient (Wildman–Crippen LogP) is 0.891. The van der Waals surface area contributed by atoms with Crippen LogP contribution in [0.5, 0.6) is 0 Å². The van der Waals surface area contributed by atoms with E-state index in [2.05, 4.69) is 0 Å².